The van der Waals surface area contributed by atoms with Crippen LogP contribution >= 0.6 is 0 Å². The van der Waals surface area contributed by atoms with Crippen molar-refractivity contribution < 1.29 is 14.4 Å². The van der Waals surface area contributed by atoms with Crippen LogP contribution < -0.4 is 5.32 Å². The first kappa shape index (κ1) is 13.2. The lowest BCUT2D eigenvalue weighted by atomic mass is 9.99. The normalized spacial score (nSPS) is 12.2. The Balaban J connectivity index is 1.83. The third-order valence-electron chi connectivity index (χ3n) is 2.77. The van der Waals surface area contributed by atoms with Crippen LogP contribution in [0, 0.1) is 0 Å². The number of carbonyl (C=O) groups is 1. The number of rotatable bonds is 7. The molecule has 0 saturated carbocycles. The fraction of sp³-hybridized carbons (Fsp3) is 0.308. The largest absolute Gasteiger partial charge is 0.481 e. The highest BCUT2D eigenvalue weighted by molar-refractivity contribution is 5.76. The smallest absolute Gasteiger partial charge is 0.312 e. The van der Waals surface area contributed by atoms with E-state index in [1.54, 1.807) is 0 Å². The minimum atomic E-state index is -0.837. The Kier molecular flexibility index (Phi) is 4.63. The highest BCUT2D eigenvalue weighted by atomic mass is 16.5. The maximum absolute atomic E-state index is 11.2. The molecule has 0 fully saturated rings. The SMILES string of the molecule is O=C(O)C(CNCCc1ncno1)c1ccccc1. The van der Waals surface area contributed by atoms with E-state index in [0.29, 0.717) is 25.4 Å². The molecule has 1 atom stereocenters. The van der Waals surface area contributed by atoms with E-state index < -0.39 is 11.9 Å². The van der Waals surface area contributed by atoms with Gasteiger partial charge >= 0.3 is 5.97 Å². The van der Waals surface area contributed by atoms with Crippen LogP contribution in [0.15, 0.2) is 41.2 Å². The Hall–Kier alpha value is -2.21. The van der Waals surface area contributed by atoms with E-state index in [-0.39, 0.29) is 0 Å². The van der Waals surface area contributed by atoms with Gasteiger partial charge in [0.2, 0.25) is 5.89 Å². The second kappa shape index (κ2) is 6.65. The summed E-state index contributed by atoms with van der Waals surface area (Å²) in [6.07, 6.45) is 1.93. The number of carboxylic acid groups (broad SMARTS) is 1. The molecule has 0 saturated heterocycles. The number of aliphatic carboxylic acids is 1. The number of hydrogen-bond acceptors (Lipinski definition) is 5. The van der Waals surface area contributed by atoms with E-state index >= 15 is 0 Å². The summed E-state index contributed by atoms with van der Waals surface area (Å²) in [5, 5.41) is 15.8. The number of carboxylic acids is 1. The van der Waals surface area contributed by atoms with Crippen LogP contribution in [-0.4, -0.2) is 34.3 Å². The van der Waals surface area contributed by atoms with Gasteiger partial charge in [0.25, 0.3) is 0 Å². The van der Waals surface area contributed by atoms with Crippen molar-refractivity contribution in [3.63, 3.8) is 0 Å². The maximum Gasteiger partial charge on any atom is 0.312 e. The summed E-state index contributed by atoms with van der Waals surface area (Å²) in [6.45, 7) is 0.965. The average molecular weight is 261 g/mol. The van der Waals surface area contributed by atoms with Crippen LogP contribution in [0.2, 0.25) is 0 Å². The molecule has 0 radical (unpaired) electrons. The Morgan fingerprint density at radius 3 is 2.79 bits per heavy atom. The van der Waals surface area contributed by atoms with Crippen LogP contribution in [0.5, 0.6) is 0 Å². The predicted octanol–water partition coefficient (Wildman–Crippen LogP) is 1.07. The fourth-order valence-corrected chi connectivity index (χ4v) is 1.78. The average Bonchev–Trinajstić information content (AvgIpc) is 2.92. The third-order valence-corrected chi connectivity index (χ3v) is 2.77. The van der Waals surface area contributed by atoms with E-state index in [1.807, 2.05) is 30.3 Å². The zero-order valence-corrected chi connectivity index (χ0v) is 10.3. The summed E-state index contributed by atoms with van der Waals surface area (Å²) < 4.78 is 4.86. The lowest BCUT2D eigenvalue weighted by molar-refractivity contribution is -0.138. The van der Waals surface area contributed by atoms with Gasteiger partial charge in [-0.1, -0.05) is 35.5 Å². The molecule has 2 aromatic rings. The van der Waals surface area contributed by atoms with Crippen molar-refractivity contribution >= 4 is 5.97 Å². The summed E-state index contributed by atoms with van der Waals surface area (Å²) in [6, 6.07) is 9.18. The third kappa shape index (κ3) is 3.89. The molecule has 0 bridgehead atoms. The van der Waals surface area contributed by atoms with Crippen molar-refractivity contribution in [3.05, 3.63) is 48.1 Å². The van der Waals surface area contributed by atoms with E-state index in [9.17, 15) is 9.90 Å². The van der Waals surface area contributed by atoms with Crippen LogP contribution in [0.3, 0.4) is 0 Å². The second-order valence-electron chi connectivity index (χ2n) is 4.09. The molecule has 6 heteroatoms. The molecule has 0 amide bonds. The van der Waals surface area contributed by atoms with Gasteiger partial charge in [-0.25, -0.2) is 0 Å². The van der Waals surface area contributed by atoms with E-state index in [2.05, 4.69) is 15.5 Å². The number of nitrogens with zero attached hydrogens (tertiary/aromatic N) is 2. The highest BCUT2D eigenvalue weighted by Gasteiger charge is 2.18. The first-order valence-electron chi connectivity index (χ1n) is 6.01. The van der Waals surface area contributed by atoms with Gasteiger partial charge in [0, 0.05) is 19.5 Å². The molecule has 0 aliphatic carbocycles. The van der Waals surface area contributed by atoms with Crippen LogP contribution in [0.1, 0.15) is 17.4 Å². The molecule has 1 unspecified atom stereocenters. The first-order valence-corrected chi connectivity index (χ1v) is 6.01. The Morgan fingerprint density at radius 2 is 2.16 bits per heavy atom. The zero-order chi connectivity index (χ0) is 13.5. The molecule has 1 aromatic carbocycles. The van der Waals surface area contributed by atoms with Crippen LogP contribution in [0.25, 0.3) is 0 Å². The fourth-order valence-electron chi connectivity index (χ4n) is 1.78. The molecule has 0 aliphatic rings. The summed E-state index contributed by atoms with van der Waals surface area (Å²) in [4.78, 5) is 15.1. The topological polar surface area (TPSA) is 88.2 Å². The van der Waals surface area contributed by atoms with E-state index in [0.717, 1.165) is 5.56 Å². The Bertz CT molecular complexity index is 499. The molecule has 100 valence electrons. The van der Waals surface area contributed by atoms with Gasteiger partial charge in [-0.05, 0) is 5.56 Å². The van der Waals surface area contributed by atoms with Crippen molar-refractivity contribution in [1.82, 2.24) is 15.5 Å². The maximum atomic E-state index is 11.2. The highest BCUT2D eigenvalue weighted by Crippen LogP contribution is 2.14. The number of nitrogens with one attached hydrogen (secondary N) is 1. The molecule has 19 heavy (non-hydrogen) atoms. The van der Waals surface area contributed by atoms with Crippen molar-refractivity contribution in [2.24, 2.45) is 0 Å². The lowest BCUT2D eigenvalue weighted by Crippen LogP contribution is -2.28. The van der Waals surface area contributed by atoms with Gasteiger partial charge in [0.1, 0.15) is 0 Å². The number of aromatic nitrogens is 2. The van der Waals surface area contributed by atoms with Gasteiger partial charge in [-0.3, -0.25) is 4.79 Å². The van der Waals surface area contributed by atoms with Crippen LogP contribution in [-0.2, 0) is 11.2 Å². The summed E-state index contributed by atoms with van der Waals surface area (Å²) in [5.74, 6) is -0.848. The lowest BCUT2D eigenvalue weighted by Gasteiger charge is -2.13. The molecule has 1 aromatic heterocycles. The molecule has 6 nitrogen and oxygen atoms in total. The van der Waals surface area contributed by atoms with Crippen molar-refractivity contribution in [3.8, 4) is 0 Å². The molecular weight excluding hydrogens is 246 g/mol. The molecule has 0 spiro atoms. The molecular formula is C13H15N3O3. The first-order chi connectivity index (χ1) is 9.27. The van der Waals surface area contributed by atoms with Crippen LogP contribution in [0.4, 0.5) is 0 Å². The monoisotopic (exact) mass is 261 g/mol. The Morgan fingerprint density at radius 1 is 1.37 bits per heavy atom. The van der Waals surface area contributed by atoms with Gasteiger partial charge in [0.05, 0.1) is 5.92 Å². The minimum absolute atomic E-state index is 0.369. The van der Waals surface area contributed by atoms with Gasteiger partial charge in [-0.2, -0.15) is 4.98 Å². The second-order valence-corrected chi connectivity index (χ2v) is 4.09. The molecule has 2 rings (SSSR count). The van der Waals surface area contributed by atoms with Gasteiger partial charge < -0.3 is 14.9 Å². The van der Waals surface area contributed by atoms with Crippen molar-refractivity contribution in [2.45, 2.75) is 12.3 Å². The van der Waals surface area contributed by atoms with E-state index in [4.69, 9.17) is 4.52 Å². The molecule has 1 heterocycles. The van der Waals surface area contributed by atoms with Crippen molar-refractivity contribution in [1.29, 1.82) is 0 Å². The predicted molar refractivity (Wildman–Crippen MR) is 67.7 cm³/mol. The van der Waals surface area contributed by atoms with Gasteiger partial charge in [0.15, 0.2) is 6.33 Å². The molecule has 0 aliphatic heterocycles. The minimum Gasteiger partial charge on any atom is -0.481 e. The standard InChI is InChI=1S/C13H15N3O3/c17-13(18)11(10-4-2-1-3-5-10)8-14-7-6-12-15-9-16-19-12/h1-5,9,11,14H,6-8H2,(H,17,18). The number of hydrogen-bond donors (Lipinski definition) is 2. The van der Waals surface area contributed by atoms with Crippen molar-refractivity contribution in [2.75, 3.05) is 13.1 Å². The summed E-state index contributed by atoms with van der Waals surface area (Å²) in [7, 11) is 0. The van der Waals surface area contributed by atoms with Gasteiger partial charge in [-0.15, -0.1) is 0 Å². The summed E-state index contributed by atoms with van der Waals surface area (Å²) >= 11 is 0. The van der Waals surface area contributed by atoms with E-state index in [1.165, 1.54) is 6.33 Å². The zero-order valence-electron chi connectivity index (χ0n) is 10.3. The quantitative estimate of drug-likeness (QED) is 0.725. The number of benzene rings is 1. The molecule has 2 N–H and O–H groups in total. The summed E-state index contributed by atoms with van der Waals surface area (Å²) in [5.41, 5.74) is 0.792. The Labute approximate surface area is 110 Å².